The molecule has 1 heterocycles. The lowest BCUT2D eigenvalue weighted by atomic mass is 9.97. The average Bonchev–Trinajstić information content (AvgIpc) is 2.87. The van der Waals surface area contributed by atoms with Gasteiger partial charge in [0.05, 0.1) is 6.07 Å². The van der Waals surface area contributed by atoms with E-state index in [1.54, 1.807) is 0 Å². The third-order valence-electron chi connectivity index (χ3n) is 4.14. The van der Waals surface area contributed by atoms with Crippen LogP contribution < -0.4 is 10.2 Å². The number of hydrogen-bond acceptors (Lipinski definition) is 3. The van der Waals surface area contributed by atoms with Crippen molar-refractivity contribution in [3.63, 3.8) is 0 Å². The molecule has 0 saturated heterocycles. The van der Waals surface area contributed by atoms with Crippen molar-refractivity contribution in [2.75, 3.05) is 25.0 Å². The van der Waals surface area contributed by atoms with Gasteiger partial charge in [0.1, 0.15) is 5.54 Å². The van der Waals surface area contributed by atoms with Crippen molar-refractivity contribution in [1.82, 2.24) is 5.32 Å². The highest BCUT2D eigenvalue weighted by molar-refractivity contribution is 5.57. The van der Waals surface area contributed by atoms with Crippen molar-refractivity contribution in [3.8, 4) is 6.07 Å². The number of unbranched alkanes of at least 4 members (excludes halogenated alkanes) is 1. The van der Waals surface area contributed by atoms with Crippen LogP contribution >= 0.6 is 0 Å². The van der Waals surface area contributed by atoms with Gasteiger partial charge in [-0.2, -0.15) is 5.26 Å². The molecular weight excluding hydrogens is 234 g/mol. The third kappa shape index (κ3) is 3.27. The molecule has 0 saturated carbocycles. The topological polar surface area (TPSA) is 39.1 Å². The van der Waals surface area contributed by atoms with Crippen LogP contribution in [0.4, 0.5) is 5.69 Å². The molecule has 0 spiro atoms. The van der Waals surface area contributed by atoms with Crippen molar-refractivity contribution in [2.24, 2.45) is 0 Å². The standard InChI is InChI=1S/C16H23N3/c1-16(13-17,18-2)10-5-6-11-19-12-9-14-7-3-4-8-15(14)19/h3-4,7-8,18H,5-6,9-12H2,1-2H3. The van der Waals surface area contributed by atoms with Gasteiger partial charge in [-0.1, -0.05) is 18.2 Å². The molecule has 1 aliphatic rings. The van der Waals surface area contributed by atoms with Gasteiger partial charge >= 0.3 is 0 Å². The SMILES string of the molecule is CNC(C)(C#N)CCCCN1CCc2ccccc21. The molecule has 0 radical (unpaired) electrons. The van der Waals surface area contributed by atoms with E-state index in [1.807, 2.05) is 14.0 Å². The Bertz CT molecular complexity index is 463. The first-order valence-corrected chi connectivity index (χ1v) is 7.11. The summed E-state index contributed by atoms with van der Waals surface area (Å²) in [5.74, 6) is 0. The lowest BCUT2D eigenvalue weighted by Crippen LogP contribution is -2.38. The third-order valence-corrected chi connectivity index (χ3v) is 4.14. The number of nitriles is 1. The molecular formula is C16H23N3. The highest BCUT2D eigenvalue weighted by Gasteiger charge is 2.21. The summed E-state index contributed by atoms with van der Waals surface area (Å²) < 4.78 is 0. The quantitative estimate of drug-likeness (QED) is 0.796. The molecule has 1 aromatic carbocycles. The van der Waals surface area contributed by atoms with E-state index in [0.29, 0.717) is 0 Å². The van der Waals surface area contributed by atoms with Gasteiger partial charge in [0.15, 0.2) is 0 Å². The molecule has 0 aliphatic carbocycles. The number of hydrogen-bond donors (Lipinski definition) is 1. The fourth-order valence-electron chi connectivity index (χ4n) is 2.66. The zero-order chi connectivity index (χ0) is 13.7. The Labute approximate surface area is 116 Å². The Morgan fingerprint density at radius 3 is 2.89 bits per heavy atom. The van der Waals surface area contributed by atoms with E-state index in [1.165, 1.54) is 17.7 Å². The largest absolute Gasteiger partial charge is 0.371 e. The van der Waals surface area contributed by atoms with Crippen LogP contribution in [0.3, 0.4) is 0 Å². The number of benzene rings is 1. The second kappa shape index (κ2) is 6.08. The molecule has 2 rings (SSSR count). The predicted octanol–water partition coefficient (Wildman–Crippen LogP) is 2.72. The molecule has 0 bridgehead atoms. The van der Waals surface area contributed by atoms with Crippen LogP contribution in [0.5, 0.6) is 0 Å². The van der Waals surface area contributed by atoms with Gasteiger partial charge in [-0.3, -0.25) is 0 Å². The Balaban J connectivity index is 1.78. The van der Waals surface area contributed by atoms with Crippen LogP contribution in [0, 0.1) is 11.3 Å². The lowest BCUT2D eigenvalue weighted by Gasteiger charge is -2.22. The highest BCUT2D eigenvalue weighted by Crippen LogP contribution is 2.27. The molecule has 0 fully saturated rings. The number of rotatable bonds is 6. The van der Waals surface area contributed by atoms with E-state index in [-0.39, 0.29) is 5.54 Å². The molecule has 1 aromatic rings. The van der Waals surface area contributed by atoms with Gasteiger partial charge in [-0.15, -0.1) is 0 Å². The summed E-state index contributed by atoms with van der Waals surface area (Å²) in [6, 6.07) is 11.0. The van der Waals surface area contributed by atoms with E-state index in [9.17, 15) is 0 Å². The van der Waals surface area contributed by atoms with E-state index < -0.39 is 0 Å². The van der Waals surface area contributed by atoms with Crippen molar-refractivity contribution >= 4 is 5.69 Å². The number of para-hydroxylation sites is 1. The molecule has 3 nitrogen and oxygen atoms in total. The summed E-state index contributed by atoms with van der Waals surface area (Å²) in [4.78, 5) is 2.47. The maximum atomic E-state index is 9.10. The minimum absolute atomic E-state index is 0.372. The normalized spacial score (nSPS) is 16.8. The molecule has 1 unspecified atom stereocenters. The van der Waals surface area contributed by atoms with E-state index >= 15 is 0 Å². The van der Waals surface area contributed by atoms with Crippen molar-refractivity contribution in [2.45, 2.75) is 38.1 Å². The van der Waals surface area contributed by atoms with Gasteiger partial charge in [0.2, 0.25) is 0 Å². The number of nitrogens with one attached hydrogen (secondary N) is 1. The van der Waals surface area contributed by atoms with Crippen molar-refractivity contribution in [3.05, 3.63) is 29.8 Å². The zero-order valence-electron chi connectivity index (χ0n) is 11.9. The van der Waals surface area contributed by atoms with Crippen LogP contribution in [0.1, 0.15) is 31.7 Å². The second-order valence-electron chi connectivity index (χ2n) is 5.52. The first-order valence-electron chi connectivity index (χ1n) is 7.11. The van der Waals surface area contributed by atoms with Crippen LogP contribution in [0.15, 0.2) is 24.3 Å². The van der Waals surface area contributed by atoms with Crippen LogP contribution in [-0.2, 0) is 6.42 Å². The molecule has 0 aromatic heterocycles. The predicted molar refractivity (Wildman–Crippen MR) is 79.3 cm³/mol. The summed E-state index contributed by atoms with van der Waals surface area (Å²) in [6.45, 7) is 4.21. The maximum Gasteiger partial charge on any atom is 0.103 e. The number of fused-ring (bicyclic) bond motifs is 1. The van der Waals surface area contributed by atoms with Gasteiger partial charge in [-0.05, 0) is 51.3 Å². The smallest absolute Gasteiger partial charge is 0.103 e. The van der Waals surface area contributed by atoms with Gasteiger partial charge < -0.3 is 10.2 Å². The molecule has 19 heavy (non-hydrogen) atoms. The minimum atomic E-state index is -0.372. The fraction of sp³-hybridized carbons (Fsp3) is 0.562. The van der Waals surface area contributed by atoms with Crippen LogP contribution in [-0.4, -0.2) is 25.7 Å². The lowest BCUT2D eigenvalue weighted by molar-refractivity contribution is 0.434. The summed E-state index contributed by atoms with van der Waals surface area (Å²) in [5, 5.41) is 12.2. The number of anilines is 1. The summed E-state index contributed by atoms with van der Waals surface area (Å²) in [5.41, 5.74) is 2.50. The Morgan fingerprint density at radius 2 is 2.16 bits per heavy atom. The number of nitrogens with zero attached hydrogens (tertiary/aromatic N) is 2. The molecule has 102 valence electrons. The molecule has 1 aliphatic heterocycles. The Hall–Kier alpha value is -1.53. The fourth-order valence-corrected chi connectivity index (χ4v) is 2.66. The molecule has 1 atom stereocenters. The van der Waals surface area contributed by atoms with Crippen LogP contribution in [0.25, 0.3) is 0 Å². The summed E-state index contributed by atoms with van der Waals surface area (Å²) >= 11 is 0. The van der Waals surface area contributed by atoms with E-state index in [0.717, 1.165) is 32.4 Å². The van der Waals surface area contributed by atoms with Gasteiger partial charge in [0.25, 0.3) is 0 Å². The first kappa shape index (κ1) is 13.9. The monoisotopic (exact) mass is 257 g/mol. The van der Waals surface area contributed by atoms with Crippen molar-refractivity contribution < 1.29 is 0 Å². The molecule has 0 amide bonds. The molecule has 3 heteroatoms. The molecule has 1 N–H and O–H groups in total. The maximum absolute atomic E-state index is 9.10. The Kier molecular flexibility index (Phi) is 4.44. The van der Waals surface area contributed by atoms with Crippen LogP contribution in [0.2, 0.25) is 0 Å². The zero-order valence-corrected chi connectivity index (χ0v) is 11.9. The van der Waals surface area contributed by atoms with Gasteiger partial charge in [0, 0.05) is 18.8 Å². The van der Waals surface area contributed by atoms with E-state index in [2.05, 4.69) is 40.6 Å². The second-order valence-corrected chi connectivity index (χ2v) is 5.52. The summed E-state index contributed by atoms with van der Waals surface area (Å²) in [7, 11) is 1.86. The minimum Gasteiger partial charge on any atom is -0.371 e. The van der Waals surface area contributed by atoms with E-state index in [4.69, 9.17) is 5.26 Å². The Morgan fingerprint density at radius 1 is 1.37 bits per heavy atom. The highest BCUT2D eigenvalue weighted by atomic mass is 15.1. The average molecular weight is 257 g/mol. The first-order chi connectivity index (χ1) is 9.18. The summed E-state index contributed by atoms with van der Waals surface area (Å²) in [6.07, 6.45) is 4.31. The van der Waals surface area contributed by atoms with Crippen molar-refractivity contribution in [1.29, 1.82) is 5.26 Å². The van der Waals surface area contributed by atoms with Gasteiger partial charge in [-0.25, -0.2) is 0 Å².